The zero-order valence-corrected chi connectivity index (χ0v) is 19.5. The average Bonchev–Trinajstić information content (AvgIpc) is 2.88. The molecule has 0 aliphatic rings. The monoisotopic (exact) mass is 522 g/mol. The summed E-state index contributed by atoms with van der Waals surface area (Å²) in [6.45, 7) is 0.146. The van der Waals surface area contributed by atoms with Gasteiger partial charge in [0.05, 0.1) is 18.4 Å². The number of anilines is 2. The quantitative estimate of drug-likeness (QED) is 0.276. The van der Waals surface area contributed by atoms with Crippen LogP contribution in [0.3, 0.4) is 0 Å². The number of hydrogen-bond donors (Lipinski definition) is 3. The molecule has 4 N–H and O–H groups in total. The van der Waals surface area contributed by atoms with Crippen LogP contribution in [0.15, 0.2) is 60.8 Å². The van der Waals surface area contributed by atoms with Gasteiger partial charge in [0, 0.05) is 12.7 Å². The Labute approximate surface area is 208 Å². The lowest BCUT2D eigenvalue weighted by atomic mass is 9.98. The van der Waals surface area contributed by atoms with Gasteiger partial charge in [-0.15, -0.1) is 0 Å². The highest BCUT2D eigenvalue weighted by Gasteiger charge is 2.63. The molecule has 12 heteroatoms. The SMILES string of the molecule is COC(=O)c1ccccc1-c1ccc(CNc2nccc(CCN)c2NC(=O)C(F)(F)C(F)(F)F)cc1. The maximum Gasteiger partial charge on any atom is 0.463 e. The summed E-state index contributed by atoms with van der Waals surface area (Å²) in [5.74, 6) is -8.72. The molecule has 0 bridgehead atoms. The Morgan fingerprint density at radius 2 is 1.68 bits per heavy atom. The Bertz CT molecular complexity index is 1260. The third-order valence-electron chi connectivity index (χ3n) is 5.39. The molecule has 2 aromatic carbocycles. The van der Waals surface area contributed by atoms with E-state index in [0.29, 0.717) is 16.7 Å². The molecule has 0 fully saturated rings. The number of hydrogen-bond acceptors (Lipinski definition) is 6. The van der Waals surface area contributed by atoms with Crippen molar-refractivity contribution < 1.29 is 36.3 Å². The zero-order valence-electron chi connectivity index (χ0n) is 19.5. The average molecular weight is 522 g/mol. The van der Waals surface area contributed by atoms with Gasteiger partial charge in [-0.25, -0.2) is 9.78 Å². The standard InChI is InChI=1S/C25H23F5N4O3/c1-37-22(35)19-5-3-2-4-18(19)16-8-6-15(7-9-16)14-33-21-20(17(10-12-31)11-13-32-21)34-23(36)24(26,27)25(28,29)30/h2-9,11,13H,10,12,14,31H2,1H3,(H,32,33)(H,34,36). The number of nitrogens with one attached hydrogen (secondary N) is 2. The maximum atomic E-state index is 13.6. The first-order valence-corrected chi connectivity index (χ1v) is 10.9. The van der Waals surface area contributed by atoms with Gasteiger partial charge in [0.15, 0.2) is 0 Å². The van der Waals surface area contributed by atoms with Crippen molar-refractivity contribution in [2.45, 2.75) is 25.1 Å². The van der Waals surface area contributed by atoms with E-state index in [0.717, 1.165) is 5.56 Å². The number of nitrogens with two attached hydrogens (primary N) is 1. The van der Waals surface area contributed by atoms with Crippen LogP contribution in [0.2, 0.25) is 0 Å². The summed E-state index contributed by atoms with van der Waals surface area (Å²) in [7, 11) is 1.28. The van der Waals surface area contributed by atoms with Crippen molar-refractivity contribution in [2.75, 3.05) is 24.3 Å². The van der Waals surface area contributed by atoms with Gasteiger partial charge >= 0.3 is 24.0 Å². The first-order chi connectivity index (χ1) is 17.5. The number of esters is 1. The van der Waals surface area contributed by atoms with Crippen molar-refractivity contribution in [1.29, 1.82) is 0 Å². The fourth-order valence-corrected chi connectivity index (χ4v) is 3.47. The number of pyridine rings is 1. The molecule has 0 aliphatic carbocycles. The minimum absolute atomic E-state index is 0.0521. The smallest absolute Gasteiger partial charge is 0.463 e. The molecule has 196 valence electrons. The second-order valence-corrected chi connectivity index (χ2v) is 7.85. The van der Waals surface area contributed by atoms with Crippen molar-refractivity contribution in [3.05, 3.63) is 77.5 Å². The van der Waals surface area contributed by atoms with E-state index >= 15 is 0 Å². The molecule has 7 nitrogen and oxygen atoms in total. The number of aromatic nitrogens is 1. The summed E-state index contributed by atoms with van der Waals surface area (Å²) in [6, 6.07) is 15.2. The first kappa shape index (κ1) is 27.5. The van der Waals surface area contributed by atoms with Gasteiger partial charge in [-0.05, 0) is 47.4 Å². The van der Waals surface area contributed by atoms with E-state index in [2.05, 4.69) is 10.3 Å². The van der Waals surface area contributed by atoms with Gasteiger partial charge in [-0.1, -0.05) is 42.5 Å². The highest BCUT2D eigenvalue weighted by molar-refractivity contribution is 5.99. The molecule has 0 unspecified atom stereocenters. The fourth-order valence-electron chi connectivity index (χ4n) is 3.47. The molecule has 3 rings (SSSR count). The van der Waals surface area contributed by atoms with E-state index in [1.54, 1.807) is 53.8 Å². The Kier molecular flexibility index (Phi) is 8.43. The minimum atomic E-state index is -6.06. The van der Waals surface area contributed by atoms with Crippen molar-refractivity contribution in [2.24, 2.45) is 5.73 Å². The Hall–Kier alpha value is -4.06. The third kappa shape index (κ3) is 6.20. The summed E-state index contributed by atoms with van der Waals surface area (Å²) >= 11 is 0. The molecule has 0 saturated heterocycles. The number of amides is 1. The van der Waals surface area contributed by atoms with Gasteiger partial charge < -0.3 is 21.1 Å². The van der Waals surface area contributed by atoms with Crippen LogP contribution in [0, 0.1) is 0 Å². The van der Waals surface area contributed by atoms with E-state index in [1.807, 2.05) is 0 Å². The van der Waals surface area contributed by atoms with Gasteiger partial charge in [-0.2, -0.15) is 22.0 Å². The lowest BCUT2D eigenvalue weighted by Crippen LogP contribution is -2.47. The molecule has 0 saturated carbocycles. The fraction of sp³-hybridized carbons (Fsp3) is 0.240. The predicted octanol–water partition coefficient (Wildman–Crippen LogP) is 4.78. The molecule has 1 amide bonds. The molecule has 3 aromatic rings. The number of carbonyl (C=O) groups is 2. The Balaban J connectivity index is 1.83. The van der Waals surface area contributed by atoms with E-state index in [4.69, 9.17) is 10.5 Å². The van der Waals surface area contributed by atoms with E-state index in [1.165, 1.54) is 19.4 Å². The van der Waals surface area contributed by atoms with Crippen LogP contribution in [-0.2, 0) is 22.5 Å². The molecule has 0 spiro atoms. The Morgan fingerprint density at radius 3 is 2.30 bits per heavy atom. The third-order valence-corrected chi connectivity index (χ3v) is 5.39. The summed E-state index contributed by atoms with van der Waals surface area (Å²) in [6.07, 6.45) is -4.65. The molecular formula is C25H23F5N4O3. The summed E-state index contributed by atoms with van der Waals surface area (Å²) in [5.41, 5.74) is 7.91. The van der Waals surface area contributed by atoms with Crippen LogP contribution >= 0.6 is 0 Å². The van der Waals surface area contributed by atoms with Crippen molar-refractivity contribution >= 4 is 23.4 Å². The van der Waals surface area contributed by atoms with Gasteiger partial charge in [0.1, 0.15) is 5.82 Å². The van der Waals surface area contributed by atoms with Gasteiger partial charge in [-0.3, -0.25) is 4.79 Å². The predicted molar refractivity (Wildman–Crippen MR) is 127 cm³/mol. The number of rotatable bonds is 9. The molecular weight excluding hydrogens is 499 g/mol. The molecule has 1 aromatic heterocycles. The number of ether oxygens (including phenoxy) is 1. The van der Waals surface area contributed by atoms with E-state index < -0.39 is 24.0 Å². The van der Waals surface area contributed by atoms with Crippen molar-refractivity contribution in [3.63, 3.8) is 0 Å². The van der Waals surface area contributed by atoms with E-state index in [-0.39, 0.29) is 36.6 Å². The summed E-state index contributed by atoms with van der Waals surface area (Å²) < 4.78 is 69.9. The number of halogens is 5. The second-order valence-electron chi connectivity index (χ2n) is 7.85. The normalized spacial score (nSPS) is 11.6. The molecule has 0 radical (unpaired) electrons. The zero-order chi connectivity index (χ0) is 27.2. The van der Waals surface area contributed by atoms with Gasteiger partial charge in [0.25, 0.3) is 0 Å². The number of carbonyl (C=O) groups excluding carboxylic acids is 2. The number of benzene rings is 2. The topological polar surface area (TPSA) is 106 Å². The number of methoxy groups -OCH3 is 1. The van der Waals surface area contributed by atoms with Crippen LogP contribution in [0.25, 0.3) is 11.1 Å². The summed E-state index contributed by atoms with van der Waals surface area (Å²) in [5, 5.41) is 4.52. The lowest BCUT2D eigenvalue weighted by molar-refractivity contribution is -0.267. The molecule has 0 atom stereocenters. The Morgan fingerprint density at radius 1 is 1.00 bits per heavy atom. The second kappa shape index (κ2) is 11.3. The lowest BCUT2D eigenvalue weighted by Gasteiger charge is -2.21. The van der Waals surface area contributed by atoms with Crippen LogP contribution in [-0.4, -0.2) is 42.6 Å². The van der Waals surface area contributed by atoms with Crippen molar-refractivity contribution in [3.8, 4) is 11.1 Å². The van der Waals surface area contributed by atoms with Crippen LogP contribution in [0.4, 0.5) is 33.5 Å². The largest absolute Gasteiger partial charge is 0.465 e. The minimum Gasteiger partial charge on any atom is -0.465 e. The number of alkyl halides is 5. The maximum absolute atomic E-state index is 13.6. The van der Waals surface area contributed by atoms with Crippen LogP contribution < -0.4 is 16.4 Å². The summed E-state index contributed by atoms with van der Waals surface area (Å²) in [4.78, 5) is 27.9. The number of nitrogens with zero attached hydrogens (tertiary/aromatic N) is 1. The van der Waals surface area contributed by atoms with E-state index in [9.17, 15) is 31.5 Å². The first-order valence-electron chi connectivity index (χ1n) is 10.9. The highest BCUT2D eigenvalue weighted by Crippen LogP contribution is 2.37. The van der Waals surface area contributed by atoms with Crippen LogP contribution in [0.5, 0.6) is 0 Å². The molecule has 1 heterocycles. The van der Waals surface area contributed by atoms with Crippen LogP contribution in [0.1, 0.15) is 21.5 Å². The molecule has 37 heavy (non-hydrogen) atoms. The van der Waals surface area contributed by atoms with Crippen molar-refractivity contribution in [1.82, 2.24) is 4.98 Å². The van der Waals surface area contributed by atoms with Gasteiger partial charge in [0.2, 0.25) is 0 Å². The highest BCUT2D eigenvalue weighted by atomic mass is 19.4. The molecule has 0 aliphatic heterocycles.